The summed E-state index contributed by atoms with van der Waals surface area (Å²) in [5, 5.41) is 14.5. The highest BCUT2D eigenvalue weighted by Crippen LogP contribution is 2.27. The number of nitriles is 1. The Kier molecular flexibility index (Phi) is 6.94. The molecule has 2 aromatic rings. The maximum atomic E-state index is 12.1. The van der Waals surface area contributed by atoms with Crippen LogP contribution in [0.15, 0.2) is 48.4 Å². The van der Waals surface area contributed by atoms with E-state index in [-0.39, 0.29) is 5.57 Å². The van der Waals surface area contributed by atoms with Crippen molar-refractivity contribution in [3.63, 3.8) is 0 Å². The SMILES string of the molecule is COc1ccc(CCNC(=O)/C(C#N)=C\Nc2ncccn2)cc1OC. The number of methoxy groups -OCH3 is 2. The molecular weight excluding hydrogens is 334 g/mol. The molecule has 1 heterocycles. The molecule has 0 aliphatic rings. The Hall–Kier alpha value is -3.60. The van der Waals surface area contributed by atoms with Crippen LogP contribution in [0, 0.1) is 11.3 Å². The van der Waals surface area contributed by atoms with Gasteiger partial charge in [-0.1, -0.05) is 6.07 Å². The van der Waals surface area contributed by atoms with E-state index in [0.717, 1.165) is 5.56 Å². The highest BCUT2D eigenvalue weighted by Gasteiger charge is 2.09. The van der Waals surface area contributed by atoms with Gasteiger partial charge in [0.1, 0.15) is 11.6 Å². The van der Waals surface area contributed by atoms with Crippen LogP contribution in [0.4, 0.5) is 5.95 Å². The lowest BCUT2D eigenvalue weighted by molar-refractivity contribution is -0.117. The maximum absolute atomic E-state index is 12.1. The van der Waals surface area contributed by atoms with Crippen molar-refractivity contribution in [2.75, 3.05) is 26.1 Å². The lowest BCUT2D eigenvalue weighted by Gasteiger charge is -2.10. The average molecular weight is 353 g/mol. The van der Waals surface area contributed by atoms with Crippen molar-refractivity contribution in [1.82, 2.24) is 15.3 Å². The van der Waals surface area contributed by atoms with Gasteiger partial charge in [-0.3, -0.25) is 4.79 Å². The van der Waals surface area contributed by atoms with E-state index in [4.69, 9.17) is 14.7 Å². The Morgan fingerprint density at radius 1 is 1.23 bits per heavy atom. The number of nitrogens with zero attached hydrogens (tertiary/aromatic N) is 3. The van der Waals surface area contributed by atoms with E-state index in [1.54, 1.807) is 38.7 Å². The van der Waals surface area contributed by atoms with E-state index in [2.05, 4.69) is 20.6 Å². The molecular formula is C18H19N5O3. The minimum atomic E-state index is -0.476. The van der Waals surface area contributed by atoms with Crippen LogP contribution in [0.3, 0.4) is 0 Å². The third-order valence-electron chi connectivity index (χ3n) is 3.42. The van der Waals surface area contributed by atoms with E-state index >= 15 is 0 Å². The molecule has 0 fully saturated rings. The Balaban J connectivity index is 1.90. The topological polar surface area (TPSA) is 109 Å². The van der Waals surface area contributed by atoms with Crippen molar-refractivity contribution in [3.05, 3.63) is 54.0 Å². The normalized spacial score (nSPS) is 10.6. The number of anilines is 1. The fourth-order valence-corrected chi connectivity index (χ4v) is 2.11. The number of rotatable bonds is 8. The summed E-state index contributed by atoms with van der Waals surface area (Å²) >= 11 is 0. The largest absolute Gasteiger partial charge is 0.493 e. The molecule has 8 heteroatoms. The van der Waals surface area contributed by atoms with Crippen LogP contribution in [0.5, 0.6) is 11.5 Å². The Morgan fingerprint density at radius 3 is 2.62 bits per heavy atom. The summed E-state index contributed by atoms with van der Waals surface area (Å²) in [6.07, 6.45) is 4.97. The number of hydrogen-bond donors (Lipinski definition) is 2. The standard InChI is InChI=1S/C18H19N5O3/c1-25-15-5-4-13(10-16(15)26-2)6-9-20-17(24)14(11-19)12-23-18-21-7-3-8-22-18/h3-5,7-8,10,12H,6,9H2,1-2H3,(H,20,24)(H,21,22,23)/b14-12-. The molecule has 1 aromatic carbocycles. The van der Waals surface area contributed by atoms with Gasteiger partial charge in [-0.05, 0) is 30.2 Å². The average Bonchev–Trinajstić information content (AvgIpc) is 2.69. The molecule has 0 bridgehead atoms. The monoisotopic (exact) mass is 353 g/mol. The summed E-state index contributed by atoms with van der Waals surface area (Å²) in [5.74, 6) is 1.10. The van der Waals surface area contributed by atoms with Gasteiger partial charge in [-0.25, -0.2) is 9.97 Å². The molecule has 8 nitrogen and oxygen atoms in total. The Labute approximate surface area is 151 Å². The molecule has 0 saturated heterocycles. The van der Waals surface area contributed by atoms with Gasteiger partial charge in [0.05, 0.1) is 14.2 Å². The second kappa shape index (κ2) is 9.64. The van der Waals surface area contributed by atoms with Crippen LogP contribution in [-0.2, 0) is 11.2 Å². The smallest absolute Gasteiger partial charge is 0.263 e. The zero-order valence-electron chi connectivity index (χ0n) is 14.5. The molecule has 26 heavy (non-hydrogen) atoms. The van der Waals surface area contributed by atoms with Gasteiger partial charge in [0.25, 0.3) is 5.91 Å². The number of amides is 1. The van der Waals surface area contributed by atoms with Crippen LogP contribution < -0.4 is 20.1 Å². The fraction of sp³-hybridized carbons (Fsp3) is 0.222. The predicted molar refractivity (Wildman–Crippen MR) is 95.6 cm³/mol. The predicted octanol–water partition coefficient (Wildman–Crippen LogP) is 1.67. The summed E-state index contributed by atoms with van der Waals surface area (Å²) in [5.41, 5.74) is 0.908. The third kappa shape index (κ3) is 5.21. The van der Waals surface area contributed by atoms with Crippen molar-refractivity contribution >= 4 is 11.9 Å². The van der Waals surface area contributed by atoms with Crippen molar-refractivity contribution in [3.8, 4) is 17.6 Å². The molecule has 0 unspecified atom stereocenters. The second-order valence-corrected chi connectivity index (χ2v) is 5.08. The number of benzene rings is 1. The van der Waals surface area contributed by atoms with Crippen LogP contribution in [-0.4, -0.2) is 36.6 Å². The quantitative estimate of drug-likeness (QED) is 0.549. The maximum Gasteiger partial charge on any atom is 0.263 e. The van der Waals surface area contributed by atoms with Gasteiger partial charge in [0.15, 0.2) is 11.5 Å². The summed E-state index contributed by atoms with van der Waals surface area (Å²) in [4.78, 5) is 20.0. The third-order valence-corrected chi connectivity index (χ3v) is 3.42. The van der Waals surface area contributed by atoms with Gasteiger partial charge in [-0.15, -0.1) is 0 Å². The van der Waals surface area contributed by atoms with Crippen molar-refractivity contribution < 1.29 is 14.3 Å². The van der Waals surface area contributed by atoms with Gasteiger partial charge in [-0.2, -0.15) is 5.26 Å². The number of ether oxygens (including phenoxy) is 2. The first-order valence-electron chi connectivity index (χ1n) is 7.81. The van der Waals surface area contributed by atoms with E-state index in [1.165, 1.54) is 6.20 Å². The molecule has 1 amide bonds. The molecule has 0 atom stereocenters. The van der Waals surface area contributed by atoms with E-state index in [1.807, 2.05) is 18.2 Å². The summed E-state index contributed by atoms with van der Waals surface area (Å²) in [7, 11) is 3.14. The first-order valence-corrected chi connectivity index (χ1v) is 7.81. The van der Waals surface area contributed by atoms with Crippen molar-refractivity contribution in [1.29, 1.82) is 5.26 Å². The molecule has 2 N–H and O–H groups in total. The van der Waals surface area contributed by atoms with Crippen molar-refractivity contribution in [2.45, 2.75) is 6.42 Å². The molecule has 0 aliphatic heterocycles. The van der Waals surface area contributed by atoms with Gasteiger partial charge >= 0.3 is 0 Å². The van der Waals surface area contributed by atoms with Gasteiger partial charge < -0.3 is 20.1 Å². The van der Waals surface area contributed by atoms with Gasteiger partial charge in [0, 0.05) is 25.1 Å². The zero-order chi connectivity index (χ0) is 18.8. The second-order valence-electron chi connectivity index (χ2n) is 5.08. The zero-order valence-corrected chi connectivity index (χ0v) is 14.5. The van der Waals surface area contributed by atoms with Crippen LogP contribution in [0.25, 0.3) is 0 Å². The molecule has 0 spiro atoms. The summed E-state index contributed by atoms with van der Waals surface area (Å²) in [6.45, 7) is 0.370. The Morgan fingerprint density at radius 2 is 1.96 bits per heavy atom. The highest BCUT2D eigenvalue weighted by atomic mass is 16.5. The summed E-state index contributed by atoms with van der Waals surface area (Å²) in [6, 6.07) is 9.06. The summed E-state index contributed by atoms with van der Waals surface area (Å²) < 4.78 is 10.4. The number of carbonyl (C=O) groups excluding carboxylic acids is 1. The van der Waals surface area contributed by atoms with E-state index in [9.17, 15) is 4.79 Å². The first-order chi connectivity index (χ1) is 12.7. The molecule has 0 saturated carbocycles. The molecule has 2 rings (SSSR count). The first kappa shape index (κ1) is 18.7. The Bertz CT molecular complexity index is 815. The van der Waals surface area contributed by atoms with Crippen LogP contribution >= 0.6 is 0 Å². The number of carbonyl (C=O) groups is 1. The lowest BCUT2D eigenvalue weighted by atomic mass is 10.1. The highest BCUT2D eigenvalue weighted by molar-refractivity contribution is 5.97. The van der Waals surface area contributed by atoms with E-state index < -0.39 is 5.91 Å². The van der Waals surface area contributed by atoms with Crippen molar-refractivity contribution in [2.24, 2.45) is 0 Å². The fourth-order valence-electron chi connectivity index (χ4n) is 2.11. The van der Waals surface area contributed by atoms with Crippen LogP contribution in [0.2, 0.25) is 0 Å². The molecule has 1 aromatic heterocycles. The van der Waals surface area contributed by atoms with E-state index in [0.29, 0.717) is 30.4 Å². The van der Waals surface area contributed by atoms with Crippen LogP contribution in [0.1, 0.15) is 5.56 Å². The minimum Gasteiger partial charge on any atom is -0.493 e. The number of hydrogen-bond acceptors (Lipinski definition) is 7. The molecule has 0 aliphatic carbocycles. The van der Waals surface area contributed by atoms with Gasteiger partial charge in [0.2, 0.25) is 5.95 Å². The number of aromatic nitrogens is 2. The number of nitrogens with one attached hydrogen (secondary N) is 2. The molecule has 134 valence electrons. The minimum absolute atomic E-state index is 0.0650. The lowest BCUT2D eigenvalue weighted by Crippen LogP contribution is -2.27. The molecule has 0 radical (unpaired) electrons.